The molecule has 0 aliphatic heterocycles. The van der Waals surface area contributed by atoms with Crippen LogP contribution in [0, 0.1) is 5.41 Å². The number of carbonyl (C=O) groups is 1. The molecule has 0 saturated carbocycles. The summed E-state index contributed by atoms with van der Waals surface area (Å²) in [4.78, 5) is 12.1. The number of amides is 1. The van der Waals surface area contributed by atoms with E-state index >= 15 is 0 Å². The van der Waals surface area contributed by atoms with Crippen molar-refractivity contribution in [1.29, 1.82) is 0 Å². The monoisotopic (exact) mass is 356 g/mol. The first kappa shape index (κ1) is 21.8. The molecule has 0 saturated heterocycles. The Balaban J connectivity index is 0. The van der Waals surface area contributed by atoms with Crippen LogP contribution in [0.2, 0.25) is 13.1 Å². The molecule has 1 aliphatic rings. The van der Waals surface area contributed by atoms with Gasteiger partial charge in [0, 0.05) is 0 Å². The summed E-state index contributed by atoms with van der Waals surface area (Å²) in [6.45, 7) is 12.1. The van der Waals surface area contributed by atoms with E-state index in [0.717, 1.165) is 6.42 Å². The van der Waals surface area contributed by atoms with Crippen molar-refractivity contribution in [3.63, 3.8) is 0 Å². The van der Waals surface area contributed by atoms with Crippen molar-refractivity contribution in [2.24, 2.45) is 5.41 Å². The molecule has 109 valence electrons. The van der Waals surface area contributed by atoms with Gasteiger partial charge in [0.15, 0.2) is 0 Å². The average molecular weight is 357 g/mol. The molecule has 0 unspecified atom stereocenters. The Morgan fingerprint density at radius 3 is 2.16 bits per heavy atom. The summed E-state index contributed by atoms with van der Waals surface area (Å²) in [5.41, 5.74) is 1.10. The second-order valence-electron chi connectivity index (χ2n) is 6.09. The van der Waals surface area contributed by atoms with E-state index in [1.54, 1.807) is 3.88 Å². The van der Waals surface area contributed by atoms with Gasteiger partial charge in [-0.3, -0.25) is 0 Å². The van der Waals surface area contributed by atoms with Crippen LogP contribution in [0.4, 0.5) is 0 Å². The number of nitrogens with one attached hydrogen (secondary N) is 1. The molecule has 1 aliphatic carbocycles. The molecule has 0 heterocycles. The van der Waals surface area contributed by atoms with E-state index in [-0.39, 0.29) is 36.1 Å². The molecule has 0 radical (unpaired) electrons. The first-order valence-electron chi connectivity index (χ1n) is 6.28. The van der Waals surface area contributed by atoms with Gasteiger partial charge in [0.25, 0.3) is 0 Å². The molecule has 1 amide bonds. The van der Waals surface area contributed by atoms with E-state index in [1.165, 1.54) is 5.57 Å². The van der Waals surface area contributed by atoms with Crippen LogP contribution in [-0.4, -0.2) is 12.6 Å². The first-order chi connectivity index (χ1) is 7.71. The molecule has 0 spiro atoms. The van der Waals surface area contributed by atoms with Gasteiger partial charge in [-0.2, -0.15) is 0 Å². The van der Waals surface area contributed by atoms with Gasteiger partial charge in [0.2, 0.25) is 0 Å². The van der Waals surface area contributed by atoms with Gasteiger partial charge in [0.1, 0.15) is 0 Å². The van der Waals surface area contributed by atoms with Crippen molar-refractivity contribution in [2.75, 3.05) is 0 Å². The van der Waals surface area contributed by atoms with Crippen LogP contribution >= 0.6 is 0 Å². The van der Waals surface area contributed by atoms with Crippen molar-refractivity contribution >= 4 is 12.6 Å². The van der Waals surface area contributed by atoms with E-state index < -0.39 is 24.0 Å². The maximum absolute atomic E-state index is 12.1. The summed E-state index contributed by atoms with van der Waals surface area (Å²) in [5.74, 6) is 0.235. The fourth-order valence-electron chi connectivity index (χ4n) is 1.76. The number of hydrogen-bond donors (Lipinski definition) is 1. The summed E-state index contributed by atoms with van der Waals surface area (Å²) in [7, 11) is 0. The smallest absolute Gasteiger partial charge is 1.00 e. The minimum Gasteiger partial charge on any atom is -1.00 e. The van der Waals surface area contributed by atoms with Gasteiger partial charge in [0.05, 0.1) is 0 Å². The van der Waals surface area contributed by atoms with Crippen LogP contribution in [0.3, 0.4) is 0 Å². The van der Waals surface area contributed by atoms with Crippen LogP contribution in [0.5, 0.6) is 0 Å². The first-order valence-corrected chi connectivity index (χ1v) is 13.4. The molecule has 1 rings (SSSR count). The summed E-state index contributed by atoms with van der Waals surface area (Å²) in [6, 6.07) is 0. The fourth-order valence-corrected chi connectivity index (χ4v) is 11.3. The van der Waals surface area contributed by atoms with Crippen molar-refractivity contribution in [3.05, 3.63) is 21.6 Å². The molecule has 0 fully saturated rings. The van der Waals surface area contributed by atoms with E-state index in [4.69, 9.17) is 0 Å². The average Bonchev–Trinajstić information content (AvgIpc) is 2.58. The Morgan fingerprint density at radius 1 is 1.32 bits per heavy atom. The van der Waals surface area contributed by atoms with Gasteiger partial charge >= 0.3 is 113 Å². The maximum atomic E-state index is 12.1. The molecule has 0 aromatic heterocycles. The molecule has 0 aromatic rings. The molecular formula is C13H24Cl2NOSiTi. The molecule has 19 heavy (non-hydrogen) atoms. The summed E-state index contributed by atoms with van der Waals surface area (Å²) in [6.07, 6.45) is 5.67. The van der Waals surface area contributed by atoms with Crippen LogP contribution in [0.1, 0.15) is 34.1 Å². The number of carbonyl (C=O) groups excluding carboxylic acids is 1. The van der Waals surface area contributed by atoms with Crippen molar-refractivity contribution in [3.8, 4) is 0 Å². The topological polar surface area (TPSA) is 29.1 Å². The molecule has 1 N–H and O–H groups in total. The zero-order valence-corrected chi connectivity index (χ0v) is 16.8. The number of halogens is 2. The predicted octanol–water partition coefficient (Wildman–Crippen LogP) is -3.09. The number of hydrogen-bond acceptors (Lipinski definition) is 1. The molecule has 0 aromatic carbocycles. The van der Waals surface area contributed by atoms with Crippen LogP contribution in [-0.2, 0) is 22.2 Å². The van der Waals surface area contributed by atoms with Gasteiger partial charge < -0.3 is 24.8 Å². The van der Waals surface area contributed by atoms with Gasteiger partial charge in [-0.25, -0.2) is 0 Å². The third kappa shape index (κ3) is 6.63. The van der Waals surface area contributed by atoms with Crippen molar-refractivity contribution in [2.45, 2.75) is 47.2 Å². The molecule has 6 heteroatoms. The zero-order chi connectivity index (χ0) is 13.2. The van der Waals surface area contributed by atoms with Crippen molar-refractivity contribution in [1.82, 2.24) is 3.80 Å². The van der Waals surface area contributed by atoms with Crippen LogP contribution < -0.4 is 28.6 Å². The molecule has 0 atom stereocenters. The van der Waals surface area contributed by atoms with Gasteiger partial charge in [-0.15, -0.1) is 0 Å². The van der Waals surface area contributed by atoms with E-state index in [9.17, 15) is 4.79 Å². The maximum Gasteiger partial charge on any atom is -1.00 e. The van der Waals surface area contributed by atoms with Crippen molar-refractivity contribution < 1.29 is 47.0 Å². The Labute approximate surface area is 137 Å². The second kappa shape index (κ2) is 8.68. The molecule has 2 nitrogen and oxygen atoms in total. The van der Waals surface area contributed by atoms with Crippen LogP contribution in [0.25, 0.3) is 0 Å². The quantitative estimate of drug-likeness (QED) is 0.533. The Morgan fingerprint density at radius 2 is 1.84 bits per heavy atom. The Bertz CT molecular complexity index is 375. The Hall–Kier alpha value is 0.461. The van der Waals surface area contributed by atoms with E-state index in [2.05, 4.69) is 36.0 Å². The minimum atomic E-state index is -1.51. The second-order valence-corrected chi connectivity index (χ2v) is 18.9. The van der Waals surface area contributed by atoms with E-state index in [1.807, 2.05) is 20.8 Å². The largest absolute Gasteiger partial charge is 1.00 e. The minimum absolute atomic E-state index is 0. The Kier molecular flexibility index (Phi) is 9.94. The van der Waals surface area contributed by atoms with E-state index in [0.29, 0.717) is 0 Å². The summed E-state index contributed by atoms with van der Waals surface area (Å²) < 4.78 is 4.96. The zero-order valence-electron chi connectivity index (χ0n) is 12.6. The molecular weight excluding hydrogens is 333 g/mol. The molecule has 0 bridgehead atoms. The standard InChI is InChI=1S/C6H7.C5H11NO.C2H7Si.2ClH.Ti/c1-6-4-2-3-5-6;1-5(2,3)4(6)7;1-3-2;;;/h4-5H,2H2,1H3;1-3H3,(H2,6,7);3H,1-2H3;2*1H;/q;;;;;+3/p-3. The normalized spacial score (nSPS) is 14.1. The third-order valence-electron chi connectivity index (χ3n) is 2.90. The van der Waals surface area contributed by atoms with Gasteiger partial charge in [-0.1, -0.05) is 0 Å². The fraction of sp³-hybridized carbons (Fsp3) is 0.615. The number of rotatable bonds is 3. The number of allylic oxidation sites excluding steroid dienone is 4. The third-order valence-corrected chi connectivity index (χ3v) is 14.0. The SMILES string of the molecule is CC1=CC[C]([Ti+2]([NH]C(=O)C(C)(C)C)[SiH](C)C)=C1.[Cl-].[Cl-]. The van der Waals surface area contributed by atoms with Gasteiger partial charge in [-0.05, 0) is 0 Å². The predicted molar refractivity (Wildman–Crippen MR) is 72.9 cm³/mol. The van der Waals surface area contributed by atoms with Crippen LogP contribution in [0.15, 0.2) is 21.6 Å². The summed E-state index contributed by atoms with van der Waals surface area (Å²) in [5, 5.41) is 0. The summed E-state index contributed by atoms with van der Waals surface area (Å²) >= 11 is -1.51.